The van der Waals surface area contributed by atoms with Crippen LogP contribution >= 0.6 is 23.1 Å². The standard InChI is InChI=1S/C20H23N3O2S2/c1-3-5-12-23-19(25)18-16(11-13-26-18)21-20(23)27-14-17(24)22(4-2)15-9-7-6-8-10-15/h6-11,13H,3-5,12,14H2,1-2H3. The number of benzene rings is 1. The Labute approximate surface area is 167 Å². The van der Waals surface area contributed by atoms with Gasteiger partial charge in [0.25, 0.3) is 5.56 Å². The molecule has 0 unspecified atom stereocenters. The quantitative estimate of drug-likeness (QED) is 0.415. The topological polar surface area (TPSA) is 55.2 Å². The summed E-state index contributed by atoms with van der Waals surface area (Å²) in [6, 6.07) is 11.5. The van der Waals surface area contributed by atoms with E-state index in [9.17, 15) is 9.59 Å². The first kappa shape index (κ1) is 19.6. The van der Waals surface area contributed by atoms with Crippen molar-refractivity contribution in [2.75, 3.05) is 17.2 Å². The molecule has 0 saturated heterocycles. The molecule has 0 N–H and O–H groups in total. The number of amides is 1. The van der Waals surface area contributed by atoms with Gasteiger partial charge >= 0.3 is 0 Å². The van der Waals surface area contributed by atoms with Gasteiger partial charge in [0.1, 0.15) is 4.70 Å². The van der Waals surface area contributed by atoms with Crippen molar-refractivity contribution >= 4 is 44.9 Å². The number of para-hydroxylation sites is 1. The lowest BCUT2D eigenvalue weighted by Crippen LogP contribution is -2.32. The molecular formula is C20H23N3O2S2. The van der Waals surface area contributed by atoms with Crippen molar-refractivity contribution in [3.8, 4) is 0 Å². The molecule has 0 aliphatic carbocycles. The number of nitrogens with zero attached hydrogens (tertiary/aromatic N) is 3. The maximum Gasteiger partial charge on any atom is 0.272 e. The molecule has 0 fully saturated rings. The number of thioether (sulfide) groups is 1. The summed E-state index contributed by atoms with van der Waals surface area (Å²) in [4.78, 5) is 32.0. The van der Waals surface area contributed by atoms with Crippen molar-refractivity contribution in [3.05, 3.63) is 52.1 Å². The number of carbonyl (C=O) groups excluding carboxylic acids is 1. The van der Waals surface area contributed by atoms with Gasteiger partial charge < -0.3 is 4.90 Å². The highest BCUT2D eigenvalue weighted by molar-refractivity contribution is 7.99. The lowest BCUT2D eigenvalue weighted by Gasteiger charge is -2.21. The molecule has 142 valence electrons. The summed E-state index contributed by atoms with van der Waals surface area (Å²) in [6.45, 7) is 5.28. The van der Waals surface area contributed by atoms with Crippen molar-refractivity contribution in [1.82, 2.24) is 9.55 Å². The third-order valence-corrected chi connectivity index (χ3v) is 6.13. The van der Waals surface area contributed by atoms with E-state index >= 15 is 0 Å². The number of unbranched alkanes of at least 4 members (excludes halogenated alkanes) is 1. The maximum atomic E-state index is 12.8. The minimum Gasteiger partial charge on any atom is -0.312 e. The zero-order valence-corrected chi connectivity index (χ0v) is 17.2. The highest BCUT2D eigenvalue weighted by Crippen LogP contribution is 2.23. The molecule has 1 amide bonds. The molecule has 2 aromatic heterocycles. The van der Waals surface area contributed by atoms with Crippen LogP contribution in [0.15, 0.2) is 51.7 Å². The van der Waals surface area contributed by atoms with Gasteiger partial charge in [-0.2, -0.15) is 0 Å². The van der Waals surface area contributed by atoms with Crippen LogP contribution in [0.1, 0.15) is 26.7 Å². The summed E-state index contributed by atoms with van der Waals surface area (Å²) in [6.07, 6.45) is 1.90. The van der Waals surface area contributed by atoms with E-state index in [2.05, 4.69) is 11.9 Å². The third kappa shape index (κ3) is 4.42. The van der Waals surface area contributed by atoms with Crippen LogP contribution in [0.4, 0.5) is 5.69 Å². The Hall–Kier alpha value is -2.12. The fourth-order valence-electron chi connectivity index (χ4n) is 2.86. The van der Waals surface area contributed by atoms with Crippen molar-refractivity contribution < 1.29 is 4.79 Å². The maximum absolute atomic E-state index is 12.8. The van der Waals surface area contributed by atoms with Crippen LogP contribution in [-0.2, 0) is 11.3 Å². The van der Waals surface area contributed by atoms with Crippen LogP contribution in [0.2, 0.25) is 0 Å². The second-order valence-corrected chi connectivity index (χ2v) is 7.96. The number of hydrogen-bond acceptors (Lipinski definition) is 5. The Morgan fingerprint density at radius 3 is 2.70 bits per heavy atom. The number of thiophene rings is 1. The highest BCUT2D eigenvalue weighted by atomic mass is 32.2. The van der Waals surface area contributed by atoms with Crippen molar-refractivity contribution in [1.29, 1.82) is 0 Å². The molecule has 3 rings (SSSR count). The van der Waals surface area contributed by atoms with E-state index in [-0.39, 0.29) is 17.2 Å². The van der Waals surface area contributed by atoms with Crippen LogP contribution in [0, 0.1) is 0 Å². The second kappa shape index (κ2) is 9.19. The molecule has 3 aromatic rings. The highest BCUT2D eigenvalue weighted by Gasteiger charge is 2.17. The zero-order valence-electron chi connectivity index (χ0n) is 15.6. The number of hydrogen-bond donors (Lipinski definition) is 0. The predicted octanol–water partition coefficient (Wildman–Crippen LogP) is 4.40. The molecule has 0 aliphatic rings. The van der Waals surface area contributed by atoms with Crippen LogP contribution < -0.4 is 10.5 Å². The van der Waals surface area contributed by atoms with Gasteiger partial charge in [0, 0.05) is 18.8 Å². The van der Waals surface area contributed by atoms with Crippen LogP contribution in [0.5, 0.6) is 0 Å². The largest absolute Gasteiger partial charge is 0.312 e. The lowest BCUT2D eigenvalue weighted by molar-refractivity contribution is -0.116. The van der Waals surface area contributed by atoms with Gasteiger partial charge in [-0.05, 0) is 36.9 Å². The summed E-state index contributed by atoms with van der Waals surface area (Å²) < 4.78 is 2.40. The number of anilines is 1. The Morgan fingerprint density at radius 2 is 2.00 bits per heavy atom. The zero-order chi connectivity index (χ0) is 19.2. The van der Waals surface area contributed by atoms with Gasteiger partial charge in [-0.1, -0.05) is 43.3 Å². The summed E-state index contributed by atoms with van der Waals surface area (Å²) in [5.74, 6) is 0.257. The molecule has 0 atom stereocenters. The van der Waals surface area contributed by atoms with Crippen molar-refractivity contribution in [2.45, 2.75) is 38.4 Å². The Kier molecular flexibility index (Phi) is 6.68. The molecule has 0 radical (unpaired) electrons. The molecule has 2 heterocycles. The van der Waals surface area contributed by atoms with Crippen molar-refractivity contribution in [2.24, 2.45) is 0 Å². The molecule has 0 aliphatic heterocycles. The van der Waals surface area contributed by atoms with Crippen LogP contribution in [0.3, 0.4) is 0 Å². The Balaban J connectivity index is 1.83. The van der Waals surface area contributed by atoms with Gasteiger partial charge in [0.15, 0.2) is 5.16 Å². The molecule has 0 saturated carbocycles. The molecule has 5 nitrogen and oxygen atoms in total. The molecule has 0 spiro atoms. The number of carbonyl (C=O) groups is 1. The van der Waals surface area contributed by atoms with Crippen LogP contribution in [0.25, 0.3) is 10.2 Å². The van der Waals surface area contributed by atoms with Gasteiger partial charge in [-0.3, -0.25) is 14.2 Å². The van der Waals surface area contributed by atoms with Crippen molar-refractivity contribution in [3.63, 3.8) is 0 Å². The predicted molar refractivity (Wildman–Crippen MR) is 114 cm³/mol. The Morgan fingerprint density at radius 1 is 1.22 bits per heavy atom. The van der Waals surface area contributed by atoms with Gasteiger partial charge in [0.05, 0.1) is 11.3 Å². The van der Waals surface area contributed by atoms with E-state index in [1.54, 1.807) is 9.47 Å². The van der Waals surface area contributed by atoms with Gasteiger partial charge in [0.2, 0.25) is 5.91 Å². The first-order valence-electron chi connectivity index (χ1n) is 9.12. The van der Waals surface area contributed by atoms with E-state index in [1.807, 2.05) is 48.7 Å². The first-order valence-corrected chi connectivity index (χ1v) is 11.0. The monoisotopic (exact) mass is 401 g/mol. The average Bonchev–Trinajstić information content (AvgIpc) is 3.16. The molecular weight excluding hydrogens is 378 g/mol. The smallest absolute Gasteiger partial charge is 0.272 e. The Bertz CT molecular complexity index is 966. The SMILES string of the molecule is CCCCn1c(SCC(=O)N(CC)c2ccccc2)nc2ccsc2c1=O. The molecule has 7 heteroatoms. The average molecular weight is 402 g/mol. The first-order chi connectivity index (χ1) is 13.2. The summed E-state index contributed by atoms with van der Waals surface area (Å²) >= 11 is 2.76. The van der Waals surface area contributed by atoms with Gasteiger partial charge in [-0.25, -0.2) is 4.98 Å². The van der Waals surface area contributed by atoms with E-state index in [0.29, 0.717) is 28.5 Å². The van der Waals surface area contributed by atoms with E-state index in [0.717, 1.165) is 18.5 Å². The normalized spacial score (nSPS) is 11.0. The van der Waals surface area contributed by atoms with Crippen LogP contribution in [-0.4, -0.2) is 27.8 Å². The number of aromatic nitrogens is 2. The lowest BCUT2D eigenvalue weighted by atomic mass is 10.3. The summed E-state index contributed by atoms with van der Waals surface area (Å²) in [5.41, 5.74) is 1.59. The summed E-state index contributed by atoms with van der Waals surface area (Å²) in [7, 11) is 0. The summed E-state index contributed by atoms with van der Waals surface area (Å²) in [5, 5.41) is 2.51. The van der Waals surface area contributed by atoms with E-state index in [1.165, 1.54) is 23.1 Å². The minimum atomic E-state index is -0.00574. The molecule has 1 aromatic carbocycles. The number of rotatable bonds is 8. The molecule has 27 heavy (non-hydrogen) atoms. The number of fused-ring (bicyclic) bond motifs is 1. The molecule has 0 bridgehead atoms. The third-order valence-electron chi connectivity index (χ3n) is 4.28. The second-order valence-electron chi connectivity index (χ2n) is 6.10. The van der Waals surface area contributed by atoms with E-state index in [4.69, 9.17) is 0 Å². The van der Waals surface area contributed by atoms with E-state index < -0.39 is 0 Å². The fourth-order valence-corrected chi connectivity index (χ4v) is 4.54. The minimum absolute atomic E-state index is 0.00574. The fraction of sp³-hybridized carbons (Fsp3) is 0.350. The van der Waals surface area contributed by atoms with Gasteiger partial charge in [-0.15, -0.1) is 11.3 Å².